The van der Waals surface area contributed by atoms with Gasteiger partial charge in [0.05, 0.1) is 12.2 Å². The highest BCUT2D eigenvalue weighted by Crippen LogP contribution is 2.29. The number of nitriles is 1. The molecule has 1 unspecified atom stereocenters. The lowest BCUT2D eigenvalue weighted by molar-refractivity contribution is -0.141. The Labute approximate surface area is 111 Å². The van der Waals surface area contributed by atoms with Crippen molar-refractivity contribution in [2.75, 3.05) is 19.0 Å². The van der Waals surface area contributed by atoms with Crippen molar-refractivity contribution in [3.8, 4) is 6.07 Å². The van der Waals surface area contributed by atoms with Crippen LogP contribution in [0.5, 0.6) is 0 Å². The third kappa shape index (κ3) is 3.83. The van der Waals surface area contributed by atoms with Gasteiger partial charge >= 0.3 is 12.1 Å². The second kappa shape index (κ2) is 6.21. The van der Waals surface area contributed by atoms with Gasteiger partial charge in [0.1, 0.15) is 23.6 Å². The summed E-state index contributed by atoms with van der Waals surface area (Å²) in [5, 5.41) is 19.9. The molecular formula is C11H10F3N3O3. The number of hydrogen-bond acceptors (Lipinski definition) is 5. The molecule has 20 heavy (non-hydrogen) atoms. The Hall–Kier alpha value is -2.34. The summed E-state index contributed by atoms with van der Waals surface area (Å²) in [6, 6.07) is 1.89. The molecule has 0 saturated heterocycles. The first-order valence-corrected chi connectivity index (χ1v) is 5.26. The number of carboxylic acid groups (broad SMARTS) is 1. The van der Waals surface area contributed by atoms with E-state index in [0.717, 1.165) is 6.07 Å². The molecule has 0 fully saturated rings. The first kappa shape index (κ1) is 15.7. The summed E-state index contributed by atoms with van der Waals surface area (Å²) in [4.78, 5) is 14.1. The van der Waals surface area contributed by atoms with Crippen LogP contribution in [-0.2, 0) is 15.7 Å². The number of carboxylic acids is 1. The zero-order valence-corrected chi connectivity index (χ0v) is 10.2. The molecule has 1 aromatic heterocycles. The minimum absolute atomic E-state index is 0.194. The van der Waals surface area contributed by atoms with E-state index in [1.165, 1.54) is 7.11 Å². The molecule has 2 N–H and O–H groups in total. The Balaban J connectivity index is 3.14. The van der Waals surface area contributed by atoms with Crippen LogP contribution in [0.15, 0.2) is 12.1 Å². The van der Waals surface area contributed by atoms with E-state index < -0.39 is 29.7 Å². The second-order valence-electron chi connectivity index (χ2n) is 3.69. The molecule has 0 spiro atoms. The number of carbonyl (C=O) groups is 1. The summed E-state index contributed by atoms with van der Waals surface area (Å²) in [6.07, 6.45) is -4.69. The van der Waals surface area contributed by atoms with Gasteiger partial charge < -0.3 is 15.2 Å². The molecule has 1 aromatic rings. The van der Waals surface area contributed by atoms with Gasteiger partial charge in [-0.1, -0.05) is 0 Å². The van der Waals surface area contributed by atoms with Crippen LogP contribution < -0.4 is 5.32 Å². The van der Waals surface area contributed by atoms with Crippen LogP contribution in [0.1, 0.15) is 11.3 Å². The smallest absolute Gasteiger partial charge is 0.433 e. The van der Waals surface area contributed by atoms with Crippen molar-refractivity contribution in [3.63, 3.8) is 0 Å². The predicted molar refractivity (Wildman–Crippen MR) is 60.9 cm³/mol. The number of aliphatic carboxylic acids is 1. The topological polar surface area (TPSA) is 95.2 Å². The number of hydrogen-bond donors (Lipinski definition) is 2. The Morgan fingerprint density at radius 1 is 1.60 bits per heavy atom. The molecule has 0 saturated carbocycles. The zero-order valence-electron chi connectivity index (χ0n) is 10.2. The molecule has 0 aromatic carbocycles. The largest absolute Gasteiger partial charge is 0.480 e. The highest BCUT2D eigenvalue weighted by atomic mass is 19.4. The molecule has 0 amide bonds. The van der Waals surface area contributed by atoms with Crippen LogP contribution in [0, 0.1) is 11.3 Å². The molecule has 0 aliphatic heterocycles. The predicted octanol–water partition coefficient (Wildman–Crippen LogP) is 1.48. The van der Waals surface area contributed by atoms with E-state index in [0.29, 0.717) is 6.07 Å². The monoisotopic (exact) mass is 289 g/mol. The van der Waals surface area contributed by atoms with E-state index in [1.54, 1.807) is 6.07 Å². The third-order valence-electron chi connectivity index (χ3n) is 2.25. The first-order valence-electron chi connectivity index (χ1n) is 5.26. The molecule has 0 aliphatic carbocycles. The van der Waals surface area contributed by atoms with Crippen molar-refractivity contribution in [2.45, 2.75) is 12.2 Å². The third-order valence-corrected chi connectivity index (χ3v) is 2.25. The summed E-state index contributed by atoms with van der Waals surface area (Å²) in [6.45, 7) is -0.294. The van der Waals surface area contributed by atoms with E-state index in [2.05, 4.69) is 15.0 Å². The SMILES string of the molecule is COCC(Nc1nc(C(F)(F)F)ccc1C#N)C(=O)O. The fourth-order valence-corrected chi connectivity index (χ4v) is 1.32. The summed E-state index contributed by atoms with van der Waals surface area (Å²) in [5.74, 6) is -1.79. The van der Waals surface area contributed by atoms with Crippen LogP contribution in [-0.4, -0.2) is 35.8 Å². The Bertz CT molecular complexity index is 540. The average molecular weight is 289 g/mol. The Morgan fingerprint density at radius 2 is 2.25 bits per heavy atom. The average Bonchev–Trinajstić information content (AvgIpc) is 2.36. The maximum Gasteiger partial charge on any atom is 0.433 e. The molecule has 1 heterocycles. The number of rotatable bonds is 5. The van der Waals surface area contributed by atoms with Crippen molar-refractivity contribution in [1.82, 2.24) is 4.98 Å². The molecule has 108 valence electrons. The van der Waals surface area contributed by atoms with Crippen molar-refractivity contribution in [2.24, 2.45) is 0 Å². The van der Waals surface area contributed by atoms with Crippen LogP contribution in [0.4, 0.5) is 19.0 Å². The molecule has 9 heteroatoms. The summed E-state index contributed by atoms with van der Waals surface area (Å²) in [5.41, 5.74) is -1.42. The lowest BCUT2D eigenvalue weighted by Crippen LogP contribution is -2.34. The van der Waals surface area contributed by atoms with Gasteiger partial charge in [0, 0.05) is 7.11 Å². The highest BCUT2D eigenvalue weighted by molar-refractivity contribution is 5.77. The number of aromatic nitrogens is 1. The standard InChI is InChI=1S/C11H10F3N3O3/c1-20-5-7(10(18)19)16-9-6(4-15)2-3-8(17-9)11(12,13)14/h2-3,7H,5H2,1H3,(H,16,17)(H,18,19). The van der Waals surface area contributed by atoms with Crippen LogP contribution >= 0.6 is 0 Å². The number of nitrogens with zero attached hydrogens (tertiary/aromatic N) is 2. The number of nitrogens with one attached hydrogen (secondary N) is 1. The Morgan fingerprint density at radius 3 is 2.70 bits per heavy atom. The van der Waals surface area contributed by atoms with Crippen LogP contribution in [0.25, 0.3) is 0 Å². The molecular weight excluding hydrogens is 279 g/mol. The zero-order chi connectivity index (χ0) is 15.3. The molecule has 1 atom stereocenters. The quantitative estimate of drug-likeness (QED) is 0.852. The Kier molecular flexibility index (Phi) is 4.88. The van der Waals surface area contributed by atoms with Crippen molar-refractivity contribution in [1.29, 1.82) is 5.26 Å². The van der Waals surface area contributed by atoms with E-state index in [9.17, 15) is 18.0 Å². The molecule has 0 aliphatic rings. The first-order chi connectivity index (χ1) is 9.29. The highest BCUT2D eigenvalue weighted by Gasteiger charge is 2.33. The number of anilines is 1. The fourth-order valence-electron chi connectivity index (χ4n) is 1.32. The van der Waals surface area contributed by atoms with Gasteiger partial charge in [-0.2, -0.15) is 18.4 Å². The van der Waals surface area contributed by atoms with Gasteiger partial charge in [-0.3, -0.25) is 0 Å². The van der Waals surface area contributed by atoms with Crippen molar-refractivity contribution < 1.29 is 27.8 Å². The minimum atomic E-state index is -4.69. The van der Waals surface area contributed by atoms with Gasteiger partial charge in [0.25, 0.3) is 0 Å². The van der Waals surface area contributed by atoms with Gasteiger partial charge in [-0.05, 0) is 12.1 Å². The van der Waals surface area contributed by atoms with Crippen molar-refractivity contribution in [3.05, 3.63) is 23.4 Å². The summed E-state index contributed by atoms with van der Waals surface area (Å²) >= 11 is 0. The van der Waals surface area contributed by atoms with Crippen LogP contribution in [0.2, 0.25) is 0 Å². The van der Waals surface area contributed by atoms with E-state index in [1.807, 2.05) is 0 Å². The number of pyridine rings is 1. The maximum atomic E-state index is 12.5. The maximum absolute atomic E-state index is 12.5. The molecule has 6 nitrogen and oxygen atoms in total. The van der Waals surface area contributed by atoms with Gasteiger partial charge in [-0.25, -0.2) is 9.78 Å². The van der Waals surface area contributed by atoms with Gasteiger partial charge in [-0.15, -0.1) is 0 Å². The molecule has 0 bridgehead atoms. The minimum Gasteiger partial charge on any atom is -0.480 e. The van der Waals surface area contributed by atoms with Gasteiger partial charge in [0.2, 0.25) is 0 Å². The summed E-state index contributed by atoms with van der Waals surface area (Å²) < 4.78 is 42.2. The van der Waals surface area contributed by atoms with Crippen LogP contribution in [0.3, 0.4) is 0 Å². The number of methoxy groups -OCH3 is 1. The summed E-state index contributed by atoms with van der Waals surface area (Å²) in [7, 11) is 1.24. The number of halogens is 3. The lowest BCUT2D eigenvalue weighted by atomic mass is 10.2. The van der Waals surface area contributed by atoms with E-state index in [-0.39, 0.29) is 12.2 Å². The molecule has 1 rings (SSSR count). The molecule has 0 radical (unpaired) electrons. The van der Waals surface area contributed by atoms with Gasteiger partial charge in [0.15, 0.2) is 0 Å². The van der Waals surface area contributed by atoms with E-state index >= 15 is 0 Å². The normalized spacial score (nSPS) is 12.6. The van der Waals surface area contributed by atoms with E-state index in [4.69, 9.17) is 10.4 Å². The number of alkyl halides is 3. The lowest BCUT2D eigenvalue weighted by Gasteiger charge is -2.16. The fraction of sp³-hybridized carbons (Fsp3) is 0.364. The number of ether oxygens (including phenoxy) is 1. The second-order valence-corrected chi connectivity index (χ2v) is 3.69. The van der Waals surface area contributed by atoms with Crippen molar-refractivity contribution >= 4 is 11.8 Å².